The van der Waals surface area contributed by atoms with Gasteiger partial charge in [-0.05, 0) is 47.6 Å². The average Bonchev–Trinajstić information content (AvgIpc) is 2.84. The Morgan fingerprint density at radius 2 is 1.71 bits per heavy atom. The normalized spacial score (nSPS) is 11.8. The van der Waals surface area contributed by atoms with Gasteiger partial charge in [-0.3, -0.25) is 5.32 Å². The van der Waals surface area contributed by atoms with Gasteiger partial charge < -0.3 is 14.6 Å². The lowest BCUT2D eigenvalue weighted by Gasteiger charge is -2.22. The van der Waals surface area contributed by atoms with Crippen molar-refractivity contribution in [1.29, 1.82) is 0 Å². The summed E-state index contributed by atoms with van der Waals surface area (Å²) in [5.74, 6) is -0.379. The first-order chi connectivity index (χ1) is 12.7. The summed E-state index contributed by atoms with van der Waals surface area (Å²) in [5.41, 5.74) is -0.988. The number of pyridine rings is 1. The van der Waals surface area contributed by atoms with Crippen LogP contribution in [0.1, 0.15) is 41.5 Å². The maximum atomic E-state index is 12.2. The Morgan fingerprint density at radius 3 is 2.25 bits per heavy atom. The molecule has 152 valence electrons. The van der Waals surface area contributed by atoms with E-state index >= 15 is 0 Å². The first-order valence-electron chi connectivity index (χ1n) is 8.38. The molecule has 0 saturated carbocycles. The highest BCUT2D eigenvalue weighted by atomic mass is 16.6. The Labute approximate surface area is 161 Å². The zero-order valence-electron chi connectivity index (χ0n) is 16.5. The molecule has 0 spiro atoms. The second-order valence-electron chi connectivity index (χ2n) is 7.86. The van der Waals surface area contributed by atoms with E-state index in [0.717, 1.165) is 0 Å². The molecule has 0 atom stereocenters. The number of anilines is 2. The van der Waals surface area contributed by atoms with Crippen LogP contribution in [-0.4, -0.2) is 49.2 Å². The topological polar surface area (TPSA) is 135 Å². The van der Waals surface area contributed by atoms with E-state index in [0.29, 0.717) is 10.6 Å². The number of ether oxygens (including phenoxy) is 2. The summed E-state index contributed by atoms with van der Waals surface area (Å²) in [7, 11) is 0. The second-order valence-corrected chi connectivity index (χ2v) is 7.86. The quantitative estimate of drug-likeness (QED) is 0.791. The molecule has 0 aromatic carbocycles. The van der Waals surface area contributed by atoms with E-state index < -0.39 is 29.5 Å². The maximum absolute atomic E-state index is 12.2. The molecule has 11 heteroatoms. The van der Waals surface area contributed by atoms with Gasteiger partial charge in [0, 0.05) is 18.0 Å². The second kappa shape index (κ2) is 7.33. The van der Waals surface area contributed by atoms with E-state index in [1.54, 1.807) is 41.5 Å². The molecule has 2 N–H and O–H groups in total. The smallest absolute Gasteiger partial charge is 0.427 e. The van der Waals surface area contributed by atoms with Crippen LogP contribution in [0, 0.1) is 0 Å². The molecular formula is C17H23N5O6. The van der Waals surface area contributed by atoms with E-state index in [4.69, 9.17) is 9.47 Å². The van der Waals surface area contributed by atoms with Crippen molar-refractivity contribution in [3.63, 3.8) is 0 Å². The van der Waals surface area contributed by atoms with Gasteiger partial charge in [0.2, 0.25) is 0 Å². The van der Waals surface area contributed by atoms with Gasteiger partial charge in [-0.15, -0.1) is 10.00 Å². The number of hydrogen-bond donors (Lipinski definition) is 2. The number of rotatable bonds is 2. The van der Waals surface area contributed by atoms with Crippen molar-refractivity contribution in [1.82, 2.24) is 14.6 Å². The van der Waals surface area contributed by atoms with Crippen molar-refractivity contribution in [2.75, 3.05) is 10.2 Å². The van der Waals surface area contributed by atoms with Crippen LogP contribution in [0.4, 0.5) is 26.0 Å². The van der Waals surface area contributed by atoms with Crippen LogP contribution >= 0.6 is 0 Å². The Hall–Kier alpha value is -3.37. The molecule has 0 aliphatic carbocycles. The van der Waals surface area contributed by atoms with Gasteiger partial charge in [0.1, 0.15) is 11.2 Å². The molecule has 2 aromatic heterocycles. The number of amides is 3. The third kappa shape index (κ3) is 5.56. The van der Waals surface area contributed by atoms with Crippen LogP contribution in [-0.2, 0) is 9.47 Å². The Kier molecular flexibility index (Phi) is 5.48. The summed E-state index contributed by atoms with van der Waals surface area (Å²) in [6, 6.07) is 2.98. The predicted molar refractivity (Wildman–Crippen MR) is 99.6 cm³/mol. The lowest BCUT2D eigenvalue weighted by atomic mass is 10.2. The van der Waals surface area contributed by atoms with Crippen molar-refractivity contribution >= 4 is 35.6 Å². The number of nitrogens with zero attached hydrogens (tertiary/aromatic N) is 4. The third-order valence-electron chi connectivity index (χ3n) is 2.94. The van der Waals surface area contributed by atoms with Gasteiger partial charge in [0.05, 0.1) is 0 Å². The molecule has 0 fully saturated rings. The van der Waals surface area contributed by atoms with E-state index in [9.17, 15) is 19.5 Å². The highest BCUT2D eigenvalue weighted by molar-refractivity contribution is 6.07. The minimum absolute atomic E-state index is 0.207. The molecular weight excluding hydrogens is 370 g/mol. The summed E-state index contributed by atoms with van der Waals surface area (Å²) < 4.78 is 11.5. The molecule has 2 heterocycles. The fraction of sp³-hybridized carbons (Fsp3) is 0.471. The van der Waals surface area contributed by atoms with Crippen molar-refractivity contribution in [3.8, 4) is 0 Å². The Bertz CT molecular complexity index is 909. The molecule has 0 unspecified atom stereocenters. The van der Waals surface area contributed by atoms with E-state index in [-0.39, 0.29) is 11.6 Å². The number of carbonyl (C=O) groups is 3. The number of aromatic nitrogens is 3. The highest BCUT2D eigenvalue weighted by Crippen LogP contribution is 2.19. The number of fused-ring (bicyclic) bond motifs is 1. The van der Waals surface area contributed by atoms with Gasteiger partial charge in [-0.2, -0.15) is 4.98 Å². The first-order valence-corrected chi connectivity index (χ1v) is 8.38. The van der Waals surface area contributed by atoms with Crippen molar-refractivity contribution in [2.45, 2.75) is 52.7 Å². The van der Waals surface area contributed by atoms with Crippen LogP contribution in [0.25, 0.3) is 5.65 Å². The van der Waals surface area contributed by atoms with Crippen molar-refractivity contribution in [2.24, 2.45) is 0 Å². The summed E-state index contributed by atoms with van der Waals surface area (Å²) >= 11 is 0. The van der Waals surface area contributed by atoms with Crippen molar-refractivity contribution < 1.29 is 29.0 Å². The summed E-state index contributed by atoms with van der Waals surface area (Å²) in [6.45, 7) is 10.0. The molecule has 2 rings (SSSR count). The highest BCUT2D eigenvalue weighted by Gasteiger charge is 2.31. The van der Waals surface area contributed by atoms with Gasteiger partial charge in [-0.25, -0.2) is 18.9 Å². The monoisotopic (exact) mass is 393 g/mol. The molecule has 28 heavy (non-hydrogen) atoms. The Balaban J connectivity index is 2.28. The van der Waals surface area contributed by atoms with E-state index in [1.165, 1.54) is 22.8 Å². The number of carbonyl (C=O) groups excluding carboxylic acids is 2. The van der Waals surface area contributed by atoms with Crippen LogP contribution in [0.2, 0.25) is 0 Å². The molecule has 3 amide bonds. The number of nitrogens with one attached hydrogen (secondary N) is 1. The predicted octanol–water partition coefficient (Wildman–Crippen LogP) is 3.50. The van der Waals surface area contributed by atoms with Crippen LogP contribution in [0.3, 0.4) is 0 Å². The minimum Gasteiger partial charge on any atom is -0.464 e. The molecule has 11 nitrogen and oxygen atoms in total. The molecule has 0 aliphatic rings. The largest absolute Gasteiger partial charge is 0.464 e. The summed E-state index contributed by atoms with van der Waals surface area (Å²) in [4.78, 5) is 39.9. The van der Waals surface area contributed by atoms with Gasteiger partial charge >= 0.3 is 18.3 Å². The average molecular weight is 393 g/mol. The standard InChI is InChI=1S/C17H23N5O6/c1-16(2,3)27-13(23)18-10-7-8-21-11(9-10)19-12(20-21)22(14(24)25)15(26)28-17(4,5)6/h7-9H,1-6H3,(H,18,23)(H,24,25). The van der Waals surface area contributed by atoms with Crippen LogP contribution in [0.5, 0.6) is 0 Å². The van der Waals surface area contributed by atoms with Gasteiger partial charge in [0.15, 0.2) is 5.65 Å². The zero-order valence-corrected chi connectivity index (χ0v) is 16.5. The van der Waals surface area contributed by atoms with E-state index in [1.807, 2.05) is 0 Å². The third-order valence-corrected chi connectivity index (χ3v) is 2.94. The fourth-order valence-corrected chi connectivity index (χ4v) is 2.02. The summed E-state index contributed by atoms with van der Waals surface area (Å²) in [5, 5.41) is 15.9. The number of imide groups is 1. The van der Waals surface area contributed by atoms with Crippen LogP contribution in [0.15, 0.2) is 18.3 Å². The van der Waals surface area contributed by atoms with Gasteiger partial charge in [0.25, 0.3) is 5.95 Å². The minimum atomic E-state index is -1.59. The summed E-state index contributed by atoms with van der Waals surface area (Å²) in [6.07, 6.45) is -1.91. The zero-order chi connectivity index (χ0) is 21.3. The molecule has 0 radical (unpaired) electrons. The number of hydrogen-bond acceptors (Lipinski definition) is 7. The SMILES string of the molecule is CC(C)(C)OC(=O)Nc1ccn2nc(N(C(=O)O)C(=O)OC(C)(C)C)nc2c1. The molecule has 2 aromatic rings. The molecule has 0 aliphatic heterocycles. The lowest BCUT2D eigenvalue weighted by Crippen LogP contribution is -2.40. The lowest BCUT2D eigenvalue weighted by molar-refractivity contribution is 0.0577. The van der Waals surface area contributed by atoms with Crippen molar-refractivity contribution in [3.05, 3.63) is 18.3 Å². The van der Waals surface area contributed by atoms with E-state index in [2.05, 4.69) is 15.4 Å². The first kappa shape index (κ1) is 20.9. The fourth-order valence-electron chi connectivity index (χ4n) is 2.02. The van der Waals surface area contributed by atoms with Gasteiger partial charge in [-0.1, -0.05) is 0 Å². The molecule has 0 saturated heterocycles. The molecule has 0 bridgehead atoms. The van der Waals surface area contributed by atoms with Crippen LogP contribution < -0.4 is 10.2 Å². The maximum Gasteiger partial charge on any atom is 0.427 e. The number of carboxylic acid groups (broad SMARTS) is 1. The Morgan fingerprint density at radius 1 is 1.11 bits per heavy atom.